The van der Waals surface area contributed by atoms with Crippen molar-refractivity contribution in [2.75, 3.05) is 31.1 Å². The predicted octanol–water partition coefficient (Wildman–Crippen LogP) is 3.59. The molecule has 2 saturated carbocycles. The molecule has 0 N–H and O–H groups in total. The fourth-order valence-corrected chi connectivity index (χ4v) is 5.75. The van der Waals surface area contributed by atoms with Crippen LogP contribution in [0.3, 0.4) is 0 Å². The zero-order valence-corrected chi connectivity index (χ0v) is 16.3. The van der Waals surface area contributed by atoms with E-state index >= 15 is 0 Å². The number of anilines is 1. The van der Waals surface area contributed by atoms with E-state index < -0.39 is 16.6 Å². The summed E-state index contributed by atoms with van der Waals surface area (Å²) < 4.78 is 38.2. The van der Waals surface area contributed by atoms with Crippen molar-refractivity contribution in [3.63, 3.8) is 0 Å². The predicted molar refractivity (Wildman–Crippen MR) is 96.4 cm³/mol. The first kappa shape index (κ1) is 18.7. The van der Waals surface area contributed by atoms with Gasteiger partial charge in [-0.25, -0.2) is 0 Å². The van der Waals surface area contributed by atoms with Crippen LogP contribution >= 0.6 is 11.3 Å². The minimum absolute atomic E-state index is 0.00368. The molecule has 1 aromatic rings. The summed E-state index contributed by atoms with van der Waals surface area (Å²) >= 11 is 0.553. The van der Waals surface area contributed by atoms with E-state index in [-0.39, 0.29) is 16.5 Å². The molecule has 1 aliphatic heterocycles. The summed E-state index contributed by atoms with van der Waals surface area (Å²) in [5.74, 6) is 0.658. The summed E-state index contributed by atoms with van der Waals surface area (Å²) in [7, 11) is 0. The van der Waals surface area contributed by atoms with E-state index in [4.69, 9.17) is 0 Å². The van der Waals surface area contributed by atoms with Gasteiger partial charge in [-0.05, 0) is 30.6 Å². The number of fused-ring (bicyclic) bond motifs is 2. The fraction of sp³-hybridized carbons (Fsp3) is 0.722. The third-order valence-corrected chi connectivity index (χ3v) is 7.82. The number of piperazine rings is 1. The molecule has 27 heavy (non-hydrogen) atoms. The molecule has 2 atom stereocenters. The van der Waals surface area contributed by atoms with Gasteiger partial charge < -0.3 is 9.80 Å². The average Bonchev–Trinajstić information content (AvgIpc) is 3.31. The number of rotatable bonds is 2. The summed E-state index contributed by atoms with van der Waals surface area (Å²) in [6.07, 6.45) is -1.67. The highest BCUT2D eigenvalue weighted by Crippen LogP contribution is 2.65. The van der Waals surface area contributed by atoms with Crippen LogP contribution in [-0.4, -0.2) is 47.2 Å². The van der Waals surface area contributed by atoms with Gasteiger partial charge in [0.05, 0.1) is 5.41 Å². The van der Waals surface area contributed by atoms with Crippen LogP contribution in [0, 0.1) is 16.7 Å². The molecule has 0 spiro atoms. The van der Waals surface area contributed by atoms with Gasteiger partial charge in [-0.1, -0.05) is 37.3 Å². The third kappa shape index (κ3) is 2.77. The molecule has 3 fully saturated rings. The standard InChI is InChI=1S/C18H23F3N4OS/c1-11-16(2,3)12-4-5-17(11,10-12)14(26)24-6-8-25(9-7-24)15-23-22-13(27-15)18(19,20)21/h12H,1,4-10H2,2-3H3/t12-,17+/m1/s1. The van der Waals surface area contributed by atoms with Crippen molar-refractivity contribution in [3.05, 3.63) is 17.2 Å². The van der Waals surface area contributed by atoms with Gasteiger partial charge in [0.1, 0.15) is 0 Å². The van der Waals surface area contributed by atoms with Crippen molar-refractivity contribution in [3.8, 4) is 0 Å². The summed E-state index contributed by atoms with van der Waals surface area (Å²) in [6.45, 7) is 10.5. The van der Waals surface area contributed by atoms with Crippen molar-refractivity contribution < 1.29 is 18.0 Å². The molecule has 0 aromatic carbocycles. The van der Waals surface area contributed by atoms with Crippen molar-refractivity contribution in [2.45, 2.75) is 39.3 Å². The molecule has 5 nitrogen and oxygen atoms in total. The smallest absolute Gasteiger partial charge is 0.343 e. The second-order valence-corrected chi connectivity index (χ2v) is 9.34. The van der Waals surface area contributed by atoms with Gasteiger partial charge in [0.15, 0.2) is 0 Å². The highest BCUT2D eigenvalue weighted by Gasteiger charge is 2.61. The second-order valence-electron chi connectivity index (χ2n) is 8.39. The molecule has 0 unspecified atom stereocenters. The maximum atomic E-state index is 13.3. The van der Waals surface area contributed by atoms with Crippen LogP contribution in [-0.2, 0) is 11.0 Å². The van der Waals surface area contributed by atoms with E-state index in [9.17, 15) is 18.0 Å². The minimum Gasteiger partial charge on any atom is -0.343 e. The number of carbonyl (C=O) groups excluding carboxylic acids is 1. The van der Waals surface area contributed by atoms with E-state index in [1.165, 1.54) is 0 Å². The van der Waals surface area contributed by atoms with Gasteiger partial charge in [0, 0.05) is 26.2 Å². The Kier molecular flexibility index (Phi) is 4.11. The number of hydrogen-bond donors (Lipinski definition) is 0. The number of amides is 1. The Morgan fingerprint density at radius 1 is 1.22 bits per heavy atom. The van der Waals surface area contributed by atoms with Crippen LogP contribution in [0.2, 0.25) is 0 Å². The first-order chi connectivity index (χ1) is 12.6. The maximum Gasteiger partial charge on any atom is 0.445 e. The largest absolute Gasteiger partial charge is 0.445 e. The third-order valence-electron chi connectivity index (χ3n) is 6.79. The number of hydrogen-bond acceptors (Lipinski definition) is 5. The van der Waals surface area contributed by atoms with Crippen LogP contribution in [0.5, 0.6) is 0 Å². The topological polar surface area (TPSA) is 49.3 Å². The van der Waals surface area contributed by atoms with E-state index in [0.717, 1.165) is 24.8 Å². The highest BCUT2D eigenvalue weighted by atomic mass is 32.1. The summed E-state index contributed by atoms with van der Waals surface area (Å²) in [4.78, 5) is 17.0. The summed E-state index contributed by atoms with van der Waals surface area (Å²) in [6, 6.07) is 0. The van der Waals surface area contributed by atoms with E-state index in [2.05, 4.69) is 30.6 Å². The molecule has 1 aromatic heterocycles. The molecule has 1 amide bonds. The first-order valence-electron chi connectivity index (χ1n) is 9.20. The maximum absolute atomic E-state index is 13.3. The Morgan fingerprint density at radius 2 is 1.89 bits per heavy atom. The molecule has 2 heterocycles. The van der Waals surface area contributed by atoms with Crippen molar-refractivity contribution >= 4 is 22.4 Å². The molecular formula is C18H23F3N4OS. The van der Waals surface area contributed by atoms with E-state index in [0.29, 0.717) is 43.4 Å². The molecule has 9 heteroatoms. The molecule has 4 rings (SSSR count). The second kappa shape index (κ2) is 5.93. The number of alkyl halides is 3. The minimum atomic E-state index is -4.47. The van der Waals surface area contributed by atoms with Gasteiger partial charge in [-0.2, -0.15) is 13.2 Å². The lowest BCUT2D eigenvalue weighted by Crippen LogP contribution is -2.53. The molecule has 2 bridgehead atoms. The lowest BCUT2D eigenvalue weighted by atomic mass is 9.68. The molecule has 1 saturated heterocycles. The Hall–Kier alpha value is -1.64. The van der Waals surface area contributed by atoms with Crippen LogP contribution in [0.1, 0.15) is 38.1 Å². The fourth-order valence-electron chi connectivity index (χ4n) is 4.98. The quantitative estimate of drug-likeness (QED) is 0.712. The summed E-state index contributed by atoms with van der Waals surface area (Å²) in [5, 5.41) is 6.25. The van der Waals surface area contributed by atoms with Crippen LogP contribution in [0.4, 0.5) is 18.3 Å². The van der Waals surface area contributed by atoms with Gasteiger partial charge in [-0.3, -0.25) is 4.79 Å². The summed E-state index contributed by atoms with van der Waals surface area (Å²) in [5.41, 5.74) is 0.608. The van der Waals surface area contributed by atoms with Crippen molar-refractivity contribution in [2.24, 2.45) is 16.7 Å². The molecule has 148 valence electrons. The number of aromatic nitrogens is 2. The Morgan fingerprint density at radius 3 is 2.41 bits per heavy atom. The van der Waals surface area contributed by atoms with Gasteiger partial charge in [0.25, 0.3) is 0 Å². The number of carbonyl (C=O) groups is 1. The molecule has 0 radical (unpaired) electrons. The van der Waals surface area contributed by atoms with Crippen molar-refractivity contribution in [1.29, 1.82) is 0 Å². The lowest BCUT2D eigenvalue weighted by molar-refractivity contribution is -0.140. The van der Waals surface area contributed by atoms with Gasteiger partial charge >= 0.3 is 6.18 Å². The van der Waals surface area contributed by atoms with E-state index in [1.807, 2.05) is 4.90 Å². The Balaban J connectivity index is 1.43. The first-order valence-corrected chi connectivity index (χ1v) is 10.0. The Bertz CT molecular complexity index is 782. The molecule has 3 aliphatic rings. The SMILES string of the molecule is C=C1C(C)(C)[C@@H]2CC[C@]1(C(=O)N1CCN(c3nnc(C(F)(F)F)s3)CC1)C2. The zero-order valence-electron chi connectivity index (χ0n) is 15.5. The Labute approximate surface area is 160 Å². The molecular weight excluding hydrogens is 377 g/mol. The van der Waals surface area contributed by atoms with Crippen molar-refractivity contribution in [1.82, 2.24) is 15.1 Å². The average molecular weight is 400 g/mol. The lowest BCUT2D eigenvalue weighted by Gasteiger charge is -2.42. The normalized spacial score (nSPS) is 30.3. The molecule has 2 aliphatic carbocycles. The van der Waals surface area contributed by atoms with Gasteiger partial charge in [-0.15, -0.1) is 10.2 Å². The van der Waals surface area contributed by atoms with E-state index in [1.54, 1.807) is 4.90 Å². The number of halogens is 3. The van der Waals surface area contributed by atoms with Crippen LogP contribution < -0.4 is 4.90 Å². The van der Waals surface area contributed by atoms with Gasteiger partial charge in [0.2, 0.25) is 16.0 Å². The van der Waals surface area contributed by atoms with Crippen LogP contribution in [0.15, 0.2) is 12.2 Å². The van der Waals surface area contributed by atoms with Crippen LogP contribution in [0.25, 0.3) is 0 Å². The monoisotopic (exact) mass is 400 g/mol. The number of nitrogens with zero attached hydrogens (tertiary/aromatic N) is 4. The highest BCUT2D eigenvalue weighted by molar-refractivity contribution is 7.15. The zero-order chi connectivity index (χ0) is 19.6.